The van der Waals surface area contributed by atoms with E-state index in [0.717, 1.165) is 24.2 Å². The second-order valence-corrected chi connectivity index (χ2v) is 10.1. The number of nitrogens with zero attached hydrogens (tertiary/aromatic N) is 3. The minimum Gasteiger partial charge on any atom is -0.351 e. The molecule has 0 radical (unpaired) electrons. The molecule has 0 saturated carbocycles. The van der Waals surface area contributed by atoms with Crippen LogP contribution in [0.2, 0.25) is 0 Å². The van der Waals surface area contributed by atoms with Crippen molar-refractivity contribution >= 4 is 38.7 Å². The Morgan fingerprint density at radius 1 is 1.16 bits per heavy atom. The average Bonchev–Trinajstić information content (AvgIpc) is 3.23. The predicted octanol–water partition coefficient (Wildman–Crippen LogP) is 4.07. The van der Waals surface area contributed by atoms with Gasteiger partial charge in [0.05, 0.1) is 24.0 Å². The number of rotatable bonds is 6. The van der Waals surface area contributed by atoms with Crippen LogP contribution in [-0.2, 0) is 16.6 Å². The van der Waals surface area contributed by atoms with E-state index in [1.54, 1.807) is 18.3 Å². The van der Waals surface area contributed by atoms with Crippen LogP contribution in [0.15, 0.2) is 54.7 Å². The smallest absolute Gasteiger partial charge is 0.229 e. The largest absolute Gasteiger partial charge is 0.351 e. The van der Waals surface area contributed by atoms with Gasteiger partial charge in [0.1, 0.15) is 0 Å². The highest BCUT2D eigenvalue weighted by Gasteiger charge is 2.42. The Morgan fingerprint density at radius 3 is 2.44 bits per heavy atom. The van der Waals surface area contributed by atoms with Crippen LogP contribution in [0.3, 0.4) is 0 Å². The van der Waals surface area contributed by atoms with Crippen molar-refractivity contribution in [2.45, 2.75) is 39.4 Å². The summed E-state index contributed by atoms with van der Waals surface area (Å²) in [5.74, 6) is 0. The fourth-order valence-electron chi connectivity index (χ4n) is 4.47. The van der Waals surface area contributed by atoms with Crippen molar-refractivity contribution in [2.24, 2.45) is 0 Å². The third-order valence-electron chi connectivity index (χ3n) is 5.79. The summed E-state index contributed by atoms with van der Waals surface area (Å²) in [4.78, 5) is 6.70. The SMILES string of the molecule is CCn1c(C)cc(C2C(c3ccccn3)NC(=S)N2c2ccc(NS(C)(=O)=O)cc2)c1C. The van der Waals surface area contributed by atoms with Crippen molar-refractivity contribution in [3.63, 3.8) is 0 Å². The number of benzene rings is 1. The van der Waals surface area contributed by atoms with Gasteiger partial charge >= 0.3 is 0 Å². The predicted molar refractivity (Wildman–Crippen MR) is 132 cm³/mol. The van der Waals surface area contributed by atoms with Crippen molar-refractivity contribution in [1.82, 2.24) is 14.9 Å². The van der Waals surface area contributed by atoms with Gasteiger partial charge in [-0.15, -0.1) is 0 Å². The van der Waals surface area contributed by atoms with E-state index >= 15 is 0 Å². The van der Waals surface area contributed by atoms with E-state index in [1.807, 2.05) is 30.3 Å². The third-order valence-corrected chi connectivity index (χ3v) is 6.72. The summed E-state index contributed by atoms with van der Waals surface area (Å²) in [5.41, 5.74) is 5.89. The molecule has 2 aromatic heterocycles. The van der Waals surface area contributed by atoms with Crippen LogP contribution in [0.4, 0.5) is 11.4 Å². The number of thiocarbonyl (C=S) groups is 1. The molecule has 0 aliphatic carbocycles. The average molecular weight is 470 g/mol. The van der Waals surface area contributed by atoms with Gasteiger partial charge in [-0.25, -0.2) is 8.42 Å². The summed E-state index contributed by atoms with van der Waals surface area (Å²) in [7, 11) is -3.34. The highest BCUT2D eigenvalue weighted by Crippen LogP contribution is 2.43. The highest BCUT2D eigenvalue weighted by atomic mass is 32.2. The Morgan fingerprint density at radius 2 is 1.88 bits per heavy atom. The van der Waals surface area contributed by atoms with Crippen molar-refractivity contribution in [2.75, 3.05) is 15.9 Å². The Bertz CT molecular complexity index is 1240. The van der Waals surface area contributed by atoms with Gasteiger partial charge in [0.25, 0.3) is 0 Å². The van der Waals surface area contributed by atoms with Crippen LogP contribution in [0, 0.1) is 13.8 Å². The Balaban J connectivity index is 1.80. The van der Waals surface area contributed by atoms with Crippen LogP contribution >= 0.6 is 12.2 Å². The molecule has 3 aromatic rings. The molecule has 1 aliphatic heterocycles. The molecule has 3 heterocycles. The van der Waals surface area contributed by atoms with Gasteiger partial charge in [-0.05, 0) is 81.0 Å². The van der Waals surface area contributed by atoms with Crippen LogP contribution in [0.1, 0.15) is 41.7 Å². The standard InChI is InChI=1S/C23H27N5O2S2/c1-5-27-15(2)14-19(16(27)3)22-21(20-8-6-7-13-24-20)25-23(31)28(22)18-11-9-17(10-12-18)26-32(4,29)30/h6-14,21-22,26H,5H2,1-4H3,(H,25,31). The monoisotopic (exact) mass is 469 g/mol. The molecule has 0 amide bonds. The molecule has 1 aromatic carbocycles. The van der Waals surface area contributed by atoms with Crippen LogP contribution in [0.25, 0.3) is 0 Å². The molecule has 2 atom stereocenters. The van der Waals surface area contributed by atoms with Crippen LogP contribution in [-0.4, -0.2) is 29.3 Å². The maximum absolute atomic E-state index is 11.6. The Kier molecular flexibility index (Phi) is 5.96. The zero-order chi connectivity index (χ0) is 23.0. The number of aryl methyl sites for hydroxylation is 1. The summed E-state index contributed by atoms with van der Waals surface area (Å²) >= 11 is 5.78. The third kappa shape index (κ3) is 4.22. The summed E-state index contributed by atoms with van der Waals surface area (Å²) in [6.07, 6.45) is 2.93. The number of aromatic nitrogens is 2. The lowest BCUT2D eigenvalue weighted by molar-refractivity contribution is 0.563. The second kappa shape index (κ2) is 8.55. The molecule has 7 nitrogen and oxygen atoms in total. The molecule has 1 saturated heterocycles. The topological polar surface area (TPSA) is 79.3 Å². The van der Waals surface area contributed by atoms with E-state index in [4.69, 9.17) is 12.2 Å². The lowest BCUT2D eigenvalue weighted by Crippen LogP contribution is -2.29. The molecule has 2 unspecified atom stereocenters. The lowest BCUT2D eigenvalue weighted by atomic mass is 9.96. The first-order chi connectivity index (χ1) is 15.2. The van der Waals surface area contributed by atoms with Crippen LogP contribution in [0.5, 0.6) is 0 Å². The summed E-state index contributed by atoms with van der Waals surface area (Å²) in [6.45, 7) is 7.29. The van der Waals surface area contributed by atoms with Gasteiger partial charge in [0, 0.05) is 35.5 Å². The number of sulfonamides is 1. The number of hydrogen-bond acceptors (Lipinski definition) is 4. The first kappa shape index (κ1) is 22.3. The summed E-state index contributed by atoms with van der Waals surface area (Å²) in [5, 5.41) is 4.08. The van der Waals surface area contributed by atoms with E-state index in [0.29, 0.717) is 10.8 Å². The lowest BCUT2D eigenvalue weighted by Gasteiger charge is -2.28. The molecule has 168 valence electrons. The van der Waals surface area contributed by atoms with Crippen molar-refractivity contribution in [3.05, 3.63) is 77.4 Å². The van der Waals surface area contributed by atoms with Gasteiger partial charge in [0.15, 0.2) is 5.11 Å². The molecule has 2 N–H and O–H groups in total. The number of hydrogen-bond donors (Lipinski definition) is 2. The zero-order valence-corrected chi connectivity index (χ0v) is 20.2. The van der Waals surface area contributed by atoms with Gasteiger partial charge in [-0.2, -0.15) is 0 Å². The Labute approximate surface area is 194 Å². The quantitative estimate of drug-likeness (QED) is 0.530. The summed E-state index contributed by atoms with van der Waals surface area (Å²) in [6, 6.07) is 15.2. The van der Waals surface area contributed by atoms with E-state index in [9.17, 15) is 8.42 Å². The minimum absolute atomic E-state index is 0.0994. The van der Waals surface area contributed by atoms with E-state index < -0.39 is 10.0 Å². The number of anilines is 2. The molecule has 4 rings (SSSR count). The van der Waals surface area contributed by atoms with E-state index in [1.165, 1.54) is 17.0 Å². The summed E-state index contributed by atoms with van der Waals surface area (Å²) < 4.78 is 27.9. The normalized spacial score (nSPS) is 18.6. The maximum atomic E-state index is 11.6. The fraction of sp³-hybridized carbons (Fsp3) is 0.304. The van der Waals surface area contributed by atoms with Crippen molar-refractivity contribution < 1.29 is 8.42 Å². The van der Waals surface area contributed by atoms with Crippen molar-refractivity contribution in [3.8, 4) is 0 Å². The molecule has 9 heteroatoms. The number of nitrogens with one attached hydrogen (secondary N) is 2. The fourth-order valence-corrected chi connectivity index (χ4v) is 5.38. The minimum atomic E-state index is -3.34. The molecule has 32 heavy (non-hydrogen) atoms. The first-order valence-electron chi connectivity index (χ1n) is 10.4. The molecule has 1 aliphatic rings. The molecular weight excluding hydrogens is 442 g/mol. The van der Waals surface area contributed by atoms with Gasteiger partial charge in [-0.1, -0.05) is 6.07 Å². The zero-order valence-electron chi connectivity index (χ0n) is 18.5. The van der Waals surface area contributed by atoms with Gasteiger partial charge in [0.2, 0.25) is 10.0 Å². The van der Waals surface area contributed by atoms with E-state index in [-0.39, 0.29) is 12.1 Å². The number of pyridine rings is 1. The Hall–Kier alpha value is -2.91. The molecular formula is C23H27N5O2S2. The first-order valence-corrected chi connectivity index (χ1v) is 12.7. The molecule has 1 fully saturated rings. The van der Waals surface area contributed by atoms with Crippen molar-refractivity contribution in [1.29, 1.82) is 0 Å². The maximum Gasteiger partial charge on any atom is 0.229 e. The van der Waals surface area contributed by atoms with E-state index in [2.05, 4.69) is 51.3 Å². The molecule has 0 spiro atoms. The second-order valence-electron chi connectivity index (χ2n) is 7.99. The molecule has 0 bridgehead atoms. The van der Waals surface area contributed by atoms with Gasteiger partial charge in [-0.3, -0.25) is 9.71 Å². The van der Waals surface area contributed by atoms with Gasteiger partial charge < -0.3 is 14.8 Å². The van der Waals surface area contributed by atoms with Crippen LogP contribution < -0.4 is 14.9 Å². The highest BCUT2D eigenvalue weighted by molar-refractivity contribution is 7.92.